The van der Waals surface area contributed by atoms with Crippen molar-refractivity contribution in [2.24, 2.45) is 0 Å². The van der Waals surface area contributed by atoms with E-state index in [1.165, 1.54) is 36.8 Å². The van der Waals surface area contributed by atoms with Crippen LogP contribution in [0.4, 0.5) is 0 Å². The molecule has 11 rings (SSSR count). The third-order valence-corrected chi connectivity index (χ3v) is 16.7. The van der Waals surface area contributed by atoms with Gasteiger partial charge in [-0.3, -0.25) is 9.97 Å². The number of para-hydroxylation sites is 2. The van der Waals surface area contributed by atoms with Crippen molar-refractivity contribution in [3.63, 3.8) is 0 Å². The molecule has 8 nitrogen and oxygen atoms in total. The van der Waals surface area contributed by atoms with E-state index in [9.17, 15) is 10.2 Å². The number of hydrogen-bond acceptors (Lipinski definition) is 6. The topological polar surface area (TPSA) is 102 Å². The quantitative estimate of drug-likeness (QED) is 0.147. The van der Waals surface area contributed by atoms with Crippen LogP contribution in [0.3, 0.4) is 0 Å². The van der Waals surface area contributed by atoms with Crippen LogP contribution < -0.4 is 0 Å². The minimum Gasteiger partial charge on any atom is -0.507 e. The number of phenols is 2. The Morgan fingerprint density at radius 1 is 0.450 bits per heavy atom. The van der Waals surface area contributed by atoms with Gasteiger partial charge in [-0.05, 0) is 82.7 Å². The number of hydrogen-bond donors (Lipinski definition) is 2. The summed E-state index contributed by atoms with van der Waals surface area (Å²) in [5, 5.41) is 24.5. The number of benzene rings is 6. The fourth-order valence-corrected chi connectivity index (χ4v) is 12.4. The van der Waals surface area contributed by atoms with Crippen molar-refractivity contribution in [1.82, 2.24) is 29.1 Å². The standard InChI is InChI=1S/C70H78N6O2.2Pt/c1-41-29-43(51-25-19-27-59-61(51)73-65(75(59)49-21-15-16-22-49)53-35-47(67(3,4)5)37-55(63(53)77)69(9,10)11)33-45(31-41)57-39-58(72-40-71-57)46-32-42(2)30-44(34-46)52-26-20-28-60-62(52)74-66(76(60)50-23-17-18-24-50)54-36-48(68(6,7)8)38-56(64(54)78)70(12,13)14;;/h19-20,25-32,35-40,49-50,77-78H,15-18,21-24H2,1-14H3;;/q-2;;. The van der Waals surface area contributed by atoms with Crippen LogP contribution in [0.2, 0.25) is 0 Å². The van der Waals surface area contributed by atoms with E-state index in [-0.39, 0.29) is 75.9 Å². The molecule has 2 N–H and O–H groups in total. The van der Waals surface area contributed by atoms with Crippen LogP contribution in [-0.4, -0.2) is 39.3 Å². The zero-order chi connectivity index (χ0) is 55.4. The van der Waals surface area contributed by atoms with Gasteiger partial charge in [0.1, 0.15) is 23.1 Å². The summed E-state index contributed by atoms with van der Waals surface area (Å²) in [4.78, 5) is 20.9. The maximum atomic E-state index is 12.2. The van der Waals surface area contributed by atoms with Gasteiger partial charge in [0.15, 0.2) is 0 Å². The van der Waals surface area contributed by atoms with E-state index < -0.39 is 0 Å². The molecule has 2 aliphatic carbocycles. The Kier molecular flexibility index (Phi) is 16.1. The number of aromatic hydroxyl groups is 2. The van der Waals surface area contributed by atoms with Crippen LogP contribution in [-0.2, 0) is 63.8 Å². The summed E-state index contributed by atoms with van der Waals surface area (Å²) < 4.78 is 4.86. The van der Waals surface area contributed by atoms with E-state index in [2.05, 4.69) is 209 Å². The summed E-state index contributed by atoms with van der Waals surface area (Å²) >= 11 is 0. The Bertz CT molecular complexity index is 3560. The fourth-order valence-electron chi connectivity index (χ4n) is 12.4. The predicted molar refractivity (Wildman–Crippen MR) is 322 cm³/mol. The number of imidazole rings is 2. The molecule has 2 aliphatic rings. The van der Waals surface area contributed by atoms with E-state index in [0.29, 0.717) is 11.5 Å². The van der Waals surface area contributed by atoms with Gasteiger partial charge in [-0.1, -0.05) is 187 Å². The van der Waals surface area contributed by atoms with Gasteiger partial charge >= 0.3 is 0 Å². The monoisotopic (exact) mass is 1420 g/mol. The van der Waals surface area contributed by atoms with Crippen molar-refractivity contribution < 1.29 is 52.3 Å². The SMILES string of the molecule is Cc1cc(-c2cc(-c3[c-]c(-c4cccc5c4nc(-c4cc(C(C)(C)C)cc(C(C)(C)C)c4O)n5C4CCCC4)cc(C)c3)ncn2)[c-]c(-c2cccc3c2nc(-c2cc(C(C)(C)C)cc(C(C)(C)C)c2O)n3C2CCCC2)c1.[Pt].[Pt]. The molecule has 0 unspecified atom stereocenters. The van der Waals surface area contributed by atoms with Gasteiger partial charge in [-0.15, -0.1) is 58.7 Å². The second-order valence-corrected chi connectivity index (χ2v) is 26.9. The van der Waals surface area contributed by atoms with Crippen molar-refractivity contribution in [1.29, 1.82) is 0 Å². The second kappa shape index (κ2) is 21.9. The Morgan fingerprint density at radius 2 is 0.812 bits per heavy atom. The molecule has 0 aliphatic heterocycles. The smallest absolute Gasteiger partial charge is 0.144 e. The number of phenolic OH excluding ortho intramolecular Hbond substituents is 2. The number of fused-ring (bicyclic) bond motifs is 2. The molecule has 0 radical (unpaired) electrons. The maximum absolute atomic E-state index is 12.2. The van der Waals surface area contributed by atoms with Crippen LogP contribution >= 0.6 is 0 Å². The normalized spacial score (nSPS) is 14.8. The van der Waals surface area contributed by atoms with Crippen molar-refractivity contribution in [3.8, 4) is 79.0 Å². The first-order chi connectivity index (χ1) is 36.8. The number of rotatable bonds is 8. The molecule has 3 heterocycles. The van der Waals surface area contributed by atoms with Crippen LogP contribution in [0.5, 0.6) is 11.5 Å². The molecule has 9 aromatic rings. The molecule has 422 valence electrons. The first-order valence-electron chi connectivity index (χ1n) is 28.5. The predicted octanol–water partition coefficient (Wildman–Crippen LogP) is 18.2. The van der Waals surface area contributed by atoms with Crippen molar-refractivity contribution in [2.45, 2.75) is 182 Å². The van der Waals surface area contributed by atoms with Gasteiger partial charge in [-0.2, -0.15) is 0 Å². The summed E-state index contributed by atoms with van der Waals surface area (Å²) in [5.74, 6) is 2.26. The molecule has 80 heavy (non-hydrogen) atoms. The van der Waals surface area contributed by atoms with E-state index in [1.807, 2.05) is 0 Å². The van der Waals surface area contributed by atoms with Gasteiger partial charge in [0.25, 0.3) is 0 Å². The molecule has 6 aromatic carbocycles. The molecule has 0 bridgehead atoms. The van der Waals surface area contributed by atoms with Crippen LogP contribution in [0.15, 0.2) is 97.3 Å². The van der Waals surface area contributed by atoms with Crippen LogP contribution in [0, 0.1) is 26.0 Å². The second-order valence-electron chi connectivity index (χ2n) is 26.9. The number of nitrogens with zero attached hydrogens (tertiary/aromatic N) is 6. The Morgan fingerprint density at radius 3 is 1.16 bits per heavy atom. The van der Waals surface area contributed by atoms with E-state index in [1.54, 1.807) is 6.33 Å². The summed E-state index contributed by atoms with van der Waals surface area (Å²) in [6.45, 7) is 30.7. The van der Waals surface area contributed by atoms with Gasteiger partial charge < -0.3 is 19.3 Å². The molecule has 10 heteroatoms. The van der Waals surface area contributed by atoms with Crippen LogP contribution in [0.1, 0.15) is 180 Å². The van der Waals surface area contributed by atoms with E-state index in [4.69, 9.17) is 19.9 Å². The summed E-state index contributed by atoms with van der Waals surface area (Å²) in [6, 6.07) is 40.6. The Hall–Kier alpha value is -5.68. The van der Waals surface area contributed by atoms with E-state index in [0.717, 1.165) is 138 Å². The van der Waals surface area contributed by atoms with Gasteiger partial charge in [0.05, 0.1) is 39.5 Å². The Balaban J connectivity index is 0.00000387. The molecule has 3 aromatic heterocycles. The number of aromatic nitrogens is 6. The zero-order valence-electron chi connectivity index (χ0n) is 49.3. The average molecular weight is 1430 g/mol. The largest absolute Gasteiger partial charge is 0.507 e. The van der Waals surface area contributed by atoms with Crippen LogP contribution in [0.25, 0.3) is 89.6 Å². The third kappa shape index (κ3) is 11.1. The molecular weight excluding hydrogens is 1350 g/mol. The molecule has 0 saturated heterocycles. The molecule has 2 saturated carbocycles. The first-order valence-corrected chi connectivity index (χ1v) is 28.5. The first kappa shape index (κ1) is 59.0. The molecule has 0 spiro atoms. The summed E-state index contributed by atoms with van der Waals surface area (Å²) in [7, 11) is 0. The molecule has 0 atom stereocenters. The Labute approximate surface area is 503 Å². The van der Waals surface area contributed by atoms with E-state index >= 15 is 0 Å². The summed E-state index contributed by atoms with van der Waals surface area (Å²) in [6.07, 6.45) is 10.6. The number of aryl methyl sites for hydroxylation is 2. The van der Waals surface area contributed by atoms with Gasteiger partial charge in [0, 0.05) is 76.7 Å². The van der Waals surface area contributed by atoms with Crippen molar-refractivity contribution in [2.75, 3.05) is 0 Å². The molecular formula is C70H78N6O2Pt2-2. The average Bonchev–Trinajstić information content (AvgIpc) is 4.28. The van der Waals surface area contributed by atoms with Gasteiger partial charge in [-0.25, -0.2) is 9.97 Å². The maximum Gasteiger partial charge on any atom is 0.144 e. The van der Waals surface area contributed by atoms with Gasteiger partial charge in [0.2, 0.25) is 0 Å². The minimum atomic E-state index is -0.273. The van der Waals surface area contributed by atoms with Crippen molar-refractivity contribution >= 4 is 22.1 Å². The summed E-state index contributed by atoms with van der Waals surface area (Å²) in [5.41, 5.74) is 18.2. The fraction of sp³-hybridized carbons (Fsp3) is 0.400. The molecule has 0 amide bonds. The minimum absolute atomic E-state index is 0. The third-order valence-electron chi connectivity index (χ3n) is 16.7. The molecule has 2 fully saturated rings. The zero-order valence-corrected chi connectivity index (χ0v) is 53.8. The van der Waals surface area contributed by atoms with Crippen molar-refractivity contribution in [3.05, 3.63) is 143 Å².